The first-order valence-corrected chi connectivity index (χ1v) is 6.09. The molecule has 4 heteroatoms. The summed E-state index contributed by atoms with van der Waals surface area (Å²) in [7, 11) is 0. The third-order valence-corrected chi connectivity index (χ3v) is 3.28. The van der Waals surface area contributed by atoms with Gasteiger partial charge in [0.05, 0.1) is 5.69 Å². The Morgan fingerprint density at radius 1 is 0.789 bits per heavy atom. The molecule has 0 N–H and O–H groups in total. The molecule has 0 atom stereocenters. The van der Waals surface area contributed by atoms with Crippen LogP contribution >= 0.6 is 0 Å². The lowest BCUT2D eigenvalue weighted by Gasteiger charge is -2.12. The van der Waals surface area contributed by atoms with Gasteiger partial charge in [0.25, 0.3) is 0 Å². The van der Waals surface area contributed by atoms with Crippen LogP contribution in [0.3, 0.4) is 0 Å². The van der Waals surface area contributed by atoms with Crippen molar-refractivity contribution in [2.75, 3.05) is 0 Å². The molecule has 0 radical (unpaired) electrons. The van der Waals surface area contributed by atoms with E-state index < -0.39 is 0 Å². The van der Waals surface area contributed by atoms with Crippen LogP contribution < -0.4 is 0 Å². The van der Waals surface area contributed by atoms with E-state index in [4.69, 9.17) is 0 Å². The number of aromatic nitrogens is 4. The molecule has 2 aromatic carbocycles. The summed E-state index contributed by atoms with van der Waals surface area (Å²) in [5, 5.41) is 12.1. The standard InChI is InChI=1S/C15H10N4/c1-3-7-13-11(5-1)9-10-12-6-2-4-8-14(12)19-15(13)16-17-18-19/h1-10H/b10-9-. The van der Waals surface area contributed by atoms with Gasteiger partial charge >= 0.3 is 0 Å². The van der Waals surface area contributed by atoms with Gasteiger partial charge in [0.2, 0.25) is 0 Å². The summed E-state index contributed by atoms with van der Waals surface area (Å²) in [6, 6.07) is 16.2. The molecule has 90 valence electrons. The van der Waals surface area contributed by atoms with Crippen LogP contribution in [0.5, 0.6) is 0 Å². The highest BCUT2D eigenvalue weighted by molar-refractivity contribution is 5.83. The Balaban J connectivity index is 2.11. The second-order valence-electron chi connectivity index (χ2n) is 4.39. The lowest BCUT2D eigenvalue weighted by Crippen LogP contribution is -2.04. The van der Waals surface area contributed by atoms with E-state index >= 15 is 0 Å². The largest absolute Gasteiger partial charge is 0.192 e. The first-order chi connectivity index (χ1) is 9.43. The zero-order valence-electron chi connectivity index (χ0n) is 10.1. The molecule has 0 spiro atoms. The fraction of sp³-hybridized carbons (Fsp3) is 0. The van der Waals surface area contributed by atoms with Crippen molar-refractivity contribution in [1.29, 1.82) is 0 Å². The maximum Gasteiger partial charge on any atom is 0.187 e. The topological polar surface area (TPSA) is 43.6 Å². The number of rotatable bonds is 0. The van der Waals surface area contributed by atoms with Crippen LogP contribution in [0.15, 0.2) is 48.5 Å². The van der Waals surface area contributed by atoms with Crippen LogP contribution in [-0.4, -0.2) is 20.2 Å². The molecule has 0 bridgehead atoms. The van der Waals surface area contributed by atoms with Crippen molar-refractivity contribution < 1.29 is 0 Å². The smallest absolute Gasteiger partial charge is 0.187 e. The summed E-state index contributed by atoms with van der Waals surface area (Å²) in [4.78, 5) is 0. The quantitative estimate of drug-likeness (QED) is 0.479. The average Bonchev–Trinajstić information content (AvgIpc) is 2.92. The number of hydrogen-bond donors (Lipinski definition) is 0. The van der Waals surface area contributed by atoms with Gasteiger partial charge in [-0.05, 0) is 22.1 Å². The molecule has 0 amide bonds. The number of fused-ring (bicyclic) bond motifs is 5. The van der Waals surface area contributed by atoms with Crippen LogP contribution in [0.4, 0.5) is 0 Å². The Morgan fingerprint density at radius 3 is 2.47 bits per heavy atom. The van der Waals surface area contributed by atoms with Gasteiger partial charge in [-0.1, -0.05) is 54.6 Å². The Kier molecular flexibility index (Phi) is 2.08. The van der Waals surface area contributed by atoms with Crippen LogP contribution in [0, 0.1) is 0 Å². The van der Waals surface area contributed by atoms with E-state index in [9.17, 15) is 0 Å². The third kappa shape index (κ3) is 1.50. The second kappa shape index (κ2) is 3.88. The molecule has 1 aromatic heterocycles. The molecule has 19 heavy (non-hydrogen) atoms. The molecule has 1 aliphatic heterocycles. The molecule has 2 heterocycles. The Morgan fingerprint density at radius 2 is 1.53 bits per heavy atom. The zero-order valence-corrected chi connectivity index (χ0v) is 10.1. The van der Waals surface area contributed by atoms with Gasteiger partial charge in [-0.2, -0.15) is 4.68 Å². The summed E-state index contributed by atoms with van der Waals surface area (Å²) in [6.07, 6.45) is 4.20. The lowest BCUT2D eigenvalue weighted by atomic mass is 10.0. The van der Waals surface area contributed by atoms with E-state index in [2.05, 4.69) is 39.8 Å². The van der Waals surface area contributed by atoms with Crippen LogP contribution in [0.25, 0.3) is 29.2 Å². The maximum absolute atomic E-state index is 4.17. The molecule has 0 aliphatic carbocycles. The first-order valence-electron chi connectivity index (χ1n) is 6.09. The van der Waals surface area contributed by atoms with Gasteiger partial charge in [0.15, 0.2) is 5.82 Å². The van der Waals surface area contributed by atoms with Gasteiger partial charge in [0.1, 0.15) is 0 Å². The molecule has 0 saturated heterocycles. The lowest BCUT2D eigenvalue weighted by molar-refractivity contribution is 0.790. The monoisotopic (exact) mass is 246 g/mol. The predicted octanol–water partition coefficient (Wildman–Crippen LogP) is 2.81. The van der Waals surface area contributed by atoms with Gasteiger partial charge in [0, 0.05) is 11.1 Å². The SMILES string of the molecule is C1=C\c2ccccc2-n2nnnc2-c2ccccc2/1. The van der Waals surface area contributed by atoms with Crippen molar-refractivity contribution in [3.63, 3.8) is 0 Å². The van der Waals surface area contributed by atoms with Crippen molar-refractivity contribution in [3.8, 4) is 17.1 Å². The fourth-order valence-corrected chi connectivity index (χ4v) is 2.36. The molecule has 0 fully saturated rings. The van der Waals surface area contributed by atoms with E-state index in [1.54, 1.807) is 4.68 Å². The fourth-order valence-electron chi connectivity index (χ4n) is 2.36. The van der Waals surface area contributed by atoms with Crippen molar-refractivity contribution in [3.05, 3.63) is 59.7 Å². The van der Waals surface area contributed by atoms with E-state index in [-0.39, 0.29) is 0 Å². The highest BCUT2D eigenvalue weighted by Crippen LogP contribution is 2.29. The molecule has 3 aromatic rings. The minimum Gasteiger partial charge on any atom is -0.192 e. The molecule has 1 aliphatic rings. The molecular formula is C15H10N4. The predicted molar refractivity (Wildman–Crippen MR) is 73.5 cm³/mol. The normalized spacial score (nSPS) is 13.7. The first kappa shape index (κ1) is 10.2. The molecule has 0 saturated carbocycles. The summed E-state index contributed by atoms with van der Waals surface area (Å²) < 4.78 is 1.79. The van der Waals surface area contributed by atoms with Crippen molar-refractivity contribution in [2.45, 2.75) is 0 Å². The highest BCUT2D eigenvalue weighted by Gasteiger charge is 2.16. The Labute approximate surface area is 110 Å². The Bertz CT molecular complexity index is 722. The van der Waals surface area contributed by atoms with Crippen LogP contribution in [0.1, 0.15) is 11.1 Å². The molecule has 4 nitrogen and oxygen atoms in total. The minimum atomic E-state index is 0.771. The molecular weight excluding hydrogens is 236 g/mol. The maximum atomic E-state index is 4.17. The van der Waals surface area contributed by atoms with Crippen LogP contribution in [-0.2, 0) is 0 Å². The van der Waals surface area contributed by atoms with Gasteiger partial charge < -0.3 is 0 Å². The van der Waals surface area contributed by atoms with Gasteiger partial charge in [-0.3, -0.25) is 0 Å². The van der Waals surface area contributed by atoms with E-state index in [1.807, 2.05) is 36.4 Å². The molecule has 4 rings (SSSR count). The summed E-state index contributed by atoms with van der Waals surface area (Å²) in [6.45, 7) is 0. The van der Waals surface area contributed by atoms with E-state index in [0.717, 1.165) is 28.2 Å². The molecule has 0 unspecified atom stereocenters. The number of tetrazole rings is 1. The second-order valence-corrected chi connectivity index (χ2v) is 4.39. The van der Waals surface area contributed by atoms with Crippen molar-refractivity contribution in [1.82, 2.24) is 20.2 Å². The summed E-state index contributed by atoms with van der Waals surface area (Å²) in [5.41, 5.74) is 4.25. The van der Waals surface area contributed by atoms with Gasteiger partial charge in [-0.25, -0.2) is 0 Å². The number of nitrogens with zero attached hydrogens (tertiary/aromatic N) is 4. The average molecular weight is 246 g/mol. The number of para-hydroxylation sites is 1. The highest BCUT2D eigenvalue weighted by atomic mass is 15.5. The summed E-state index contributed by atoms with van der Waals surface area (Å²) in [5.74, 6) is 0.771. The van der Waals surface area contributed by atoms with E-state index in [1.165, 1.54) is 0 Å². The van der Waals surface area contributed by atoms with Crippen molar-refractivity contribution in [2.24, 2.45) is 0 Å². The third-order valence-electron chi connectivity index (χ3n) is 3.28. The summed E-state index contributed by atoms with van der Waals surface area (Å²) >= 11 is 0. The Hall–Kier alpha value is -2.75. The number of benzene rings is 2. The van der Waals surface area contributed by atoms with Crippen molar-refractivity contribution >= 4 is 12.2 Å². The van der Waals surface area contributed by atoms with Gasteiger partial charge in [-0.15, -0.1) is 5.10 Å². The van der Waals surface area contributed by atoms with Crippen LogP contribution in [0.2, 0.25) is 0 Å². The van der Waals surface area contributed by atoms with E-state index in [0.29, 0.717) is 0 Å². The number of hydrogen-bond acceptors (Lipinski definition) is 3. The zero-order chi connectivity index (χ0) is 12.7. The minimum absolute atomic E-state index is 0.771.